The van der Waals surface area contributed by atoms with Gasteiger partial charge in [0.1, 0.15) is 0 Å². The summed E-state index contributed by atoms with van der Waals surface area (Å²) in [5, 5.41) is 12.3. The molecule has 1 aliphatic heterocycles. The molecule has 1 amide bonds. The number of halogens is 2. The van der Waals surface area contributed by atoms with Gasteiger partial charge in [0.2, 0.25) is 0 Å². The molecule has 170 valence electrons. The molecule has 33 heavy (non-hydrogen) atoms. The maximum Gasteiger partial charge on any atom is 0.264 e. The molecule has 0 saturated heterocycles. The SMILES string of the molecule is CC(C)(C)c1ccc(C(=O)C[C@@]2(O)C(=O)N(Cc3ccc(Cl)c(Cl)c3)c3ccccc32)cc1. The lowest BCUT2D eigenvalue weighted by Crippen LogP contribution is -2.41. The molecule has 4 rings (SSSR count). The molecule has 0 spiro atoms. The van der Waals surface area contributed by atoms with Crippen LogP contribution in [0.3, 0.4) is 0 Å². The molecule has 0 radical (unpaired) electrons. The number of ketones is 1. The summed E-state index contributed by atoms with van der Waals surface area (Å²) < 4.78 is 0. The molecule has 0 fully saturated rings. The number of rotatable bonds is 5. The molecule has 0 aromatic heterocycles. The first-order valence-corrected chi connectivity index (χ1v) is 11.5. The third kappa shape index (κ3) is 4.43. The fourth-order valence-corrected chi connectivity index (χ4v) is 4.47. The van der Waals surface area contributed by atoms with Crippen molar-refractivity contribution in [2.24, 2.45) is 0 Å². The molecule has 0 aliphatic carbocycles. The summed E-state index contributed by atoms with van der Waals surface area (Å²) >= 11 is 12.2. The number of fused-ring (bicyclic) bond motifs is 1. The number of carbonyl (C=O) groups is 2. The van der Waals surface area contributed by atoms with E-state index >= 15 is 0 Å². The zero-order chi connectivity index (χ0) is 24.0. The number of hydrogen-bond donors (Lipinski definition) is 1. The van der Waals surface area contributed by atoms with Crippen LogP contribution in [0, 0.1) is 0 Å². The number of aliphatic hydroxyl groups is 1. The zero-order valence-corrected chi connectivity index (χ0v) is 20.2. The minimum Gasteiger partial charge on any atom is -0.375 e. The van der Waals surface area contributed by atoms with Crippen molar-refractivity contribution in [1.82, 2.24) is 0 Å². The average molecular weight is 482 g/mol. The van der Waals surface area contributed by atoms with E-state index in [9.17, 15) is 14.7 Å². The van der Waals surface area contributed by atoms with Crippen molar-refractivity contribution >= 4 is 40.6 Å². The molecule has 0 bridgehead atoms. The molecular weight excluding hydrogens is 457 g/mol. The summed E-state index contributed by atoms with van der Waals surface area (Å²) in [6.45, 7) is 6.50. The molecule has 0 saturated carbocycles. The van der Waals surface area contributed by atoms with Gasteiger partial charge in [0.15, 0.2) is 11.4 Å². The Hall–Kier alpha value is -2.66. The van der Waals surface area contributed by atoms with Crippen LogP contribution in [-0.2, 0) is 22.4 Å². The highest BCUT2D eigenvalue weighted by molar-refractivity contribution is 6.42. The van der Waals surface area contributed by atoms with Crippen molar-refractivity contribution < 1.29 is 14.7 Å². The standard InChI is InChI=1S/C27H25Cl2NO3/c1-26(2,3)19-11-9-18(10-12-19)24(31)15-27(33)20-6-4-5-7-23(20)30(25(27)32)16-17-8-13-21(28)22(29)14-17/h4-14,33H,15-16H2,1-3H3/t27-/m0/s1. The van der Waals surface area contributed by atoms with E-state index in [1.807, 2.05) is 12.1 Å². The Bertz CT molecular complexity index is 1230. The fraction of sp³-hybridized carbons (Fsp3) is 0.259. The third-order valence-corrected chi connectivity index (χ3v) is 6.79. The van der Waals surface area contributed by atoms with Crippen LogP contribution in [0.2, 0.25) is 10.0 Å². The normalized spacial score (nSPS) is 17.9. The highest BCUT2D eigenvalue weighted by Gasteiger charge is 2.50. The average Bonchev–Trinajstić information content (AvgIpc) is 2.98. The van der Waals surface area contributed by atoms with E-state index in [0.29, 0.717) is 26.9 Å². The van der Waals surface area contributed by atoms with Crippen molar-refractivity contribution in [2.45, 2.75) is 44.8 Å². The lowest BCUT2D eigenvalue weighted by Gasteiger charge is -2.23. The van der Waals surface area contributed by atoms with Crippen LogP contribution in [-0.4, -0.2) is 16.8 Å². The summed E-state index contributed by atoms with van der Waals surface area (Å²) in [7, 11) is 0. The first-order valence-electron chi connectivity index (χ1n) is 10.7. The van der Waals surface area contributed by atoms with Crippen LogP contribution in [0.4, 0.5) is 5.69 Å². The number of para-hydroxylation sites is 1. The molecule has 1 atom stereocenters. The number of Topliss-reactive ketones (excluding diaryl/α,β-unsaturated/α-hetero) is 1. The van der Waals surface area contributed by atoms with Crippen LogP contribution < -0.4 is 4.90 Å². The van der Waals surface area contributed by atoms with Crippen molar-refractivity contribution in [2.75, 3.05) is 4.90 Å². The molecule has 1 aliphatic rings. The maximum absolute atomic E-state index is 13.5. The lowest BCUT2D eigenvalue weighted by molar-refractivity contribution is -0.136. The van der Waals surface area contributed by atoms with E-state index in [4.69, 9.17) is 23.2 Å². The Kier molecular flexibility index (Phi) is 6.12. The van der Waals surface area contributed by atoms with Gasteiger partial charge in [-0.25, -0.2) is 0 Å². The van der Waals surface area contributed by atoms with Crippen molar-refractivity contribution in [3.05, 3.63) is 99.0 Å². The Balaban J connectivity index is 1.63. The van der Waals surface area contributed by atoms with Gasteiger partial charge < -0.3 is 10.0 Å². The molecule has 1 N–H and O–H groups in total. The minimum absolute atomic E-state index is 0.0365. The molecule has 6 heteroatoms. The van der Waals surface area contributed by atoms with Gasteiger partial charge in [-0.15, -0.1) is 0 Å². The third-order valence-electron chi connectivity index (χ3n) is 6.05. The highest BCUT2D eigenvalue weighted by Crippen LogP contribution is 2.43. The predicted molar refractivity (Wildman–Crippen MR) is 132 cm³/mol. The Morgan fingerprint density at radius 1 is 0.970 bits per heavy atom. The molecule has 4 nitrogen and oxygen atoms in total. The van der Waals surface area contributed by atoms with Gasteiger partial charge in [-0.05, 0) is 34.7 Å². The van der Waals surface area contributed by atoms with E-state index in [1.54, 1.807) is 54.6 Å². The van der Waals surface area contributed by atoms with Crippen LogP contribution >= 0.6 is 23.2 Å². The number of benzene rings is 3. The van der Waals surface area contributed by atoms with Gasteiger partial charge in [-0.1, -0.05) is 92.5 Å². The first-order chi connectivity index (χ1) is 15.5. The monoisotopic (exact) mass is 481 g/mol. The van der Waals surface area contributed by atoms with E-state index in [2.05, 4.69) is 20.8 Å². The van der Waals surface area contributed by atoms with E-state index < -0.39 is 11.5 Å². The first kappa shape index (κ1) is 23.5. The van der Waals surface area contributed by atoms with Gasteiger partial charge in [-0.2, -0.15) is 0 Å². The summed E-state index contributed by atoms with van der Waals surface area (Å²) in [6.07, 6.45) is -0.338. The summed E-state index contributed by atoms with van der Waals surface area (Å²) in [5.74, 6) is -0.827. The van der Waals surface area contributed by atoms with E-state index in [-0.39, 0.29) is 24.2 Å². The van der Waals surface area contributed by atoms with Gasteiger partial charge in [0.25, 0.3) is 5.91 Å². The predicted octanol–water partition coefficient (Wildman–Crippen LogP) is 6.30. The summed E-state index contributed by atoms with van der Waals surface area (Å²) in [6, 6.07) is 19.5. The van der Waals surface area contributed by atoms with Crippen molar-refractivity contribution in [3.63, 3.8) is 0 Å². The van der Waals surface area contributed by atoms with Crippen molar-refractivity contribution in [1.29, 1.82) is 0 Å². The smallest absolute Gasteiger partial charge is 0.264 e. The molecule has 1 heterocycles. The van der Waals surface area contributed by atoms with Gasteiger partial charge in [0.05, 0.1) is 28.7 Å². The molecular formula is C27H25Cl2NO3. The quantitative estimate of drug-likeness (QED) is 0.435. The second-order valence-electron chi connectivity index (χ2n) is 9.44. The van der Waals surface area contributed by atoms with Crippen molar-refractivity contribution in [3.8, 4) is 0 Å². The minimum atomic E-state index is -1.94. The van der Waals surface area contributed by atoms with Crippen LogP contribution in [0.15, 0.2) is 66.7 Å². The number of hydrogen-bond acceptors (Lipinski definition) is 3. The number of carbonyl (C=O) groups excluding carboxylic acids is 2. The second-order valence-corrected chi connectivity index (χ2v) is 10.3. The topological polar surface area (TPSA) is 57.6 Å². The summed E-state index contributed by atoms with van der Waals surface area (Å²) in [5.41, 5.74) is 1.36. The molecule has 3 aromatic rings. The highest BCUT2D eigenvalue weighted by atomic mass is 35.5. The summed E-state index contributed by atoms with van der Waals surface area (Å²) in [4.78, 5) is 28.1. The molecule has 0 unspecified atom stereocenters. The Morgan fingerprint density at radius 2 is 1.64 bits per heavy atom. The number of amides is 1. The number of anilines is 1. The maximum atomic E-state index is 13.5. The second kappa shape index (κ2) is 8.60. The van der Waals surface area contributed by atoms with E-state index in [1.165, 1.54) is 4.90 Å². The largest absolute Gasteiger partial charge is 0.375 e. The van der Waals surface area contributed by atoms with Crippen LogP contribution in [0.5, 0.6) is 0 Å². The Morgan fingerprint density at radius 3 is 2.27 bits per heavy atom. The van der Waals surface area contributed by atoms with Gasteiger partial charge >= 0.3 is 0 Å². The Labute approximate surface area is 203 Å². The van der Waals surface area contributed by atoms with Gasteiger partial charge in [-0.3, -0.25) is 9.59 Å². The molecule has 3 aromatic carbocycles. The van der Waals surface area contributed by atoms with Crippen LogP contribution in [0.1, 0.15) is 54.2 Å². The zero-order valence-electron chi connectivity index (χ0n) is 18.7. The van der Waals surface area contributed by atoms with Gasteiger partial charge in [0, 0.05) is 11.1 Å². The number of nitrogens with zero attached hydrogens (tertiary/aromatic N) is 1. The lowest BCUT2D eigenvalue weighted by atomic mass is 9.85. The fourth-order valence-electron chi connectivity index (χ4n) is 4.15. The van der Waals surface area contributed by atoms with Crippen LogP contribution in [0.25, 0.3) is 0 Å². The van der Waals surface area contributed by atoms with E-state index in [0.717, 1.165) is 11.1 Å².